The van der Waals surface area contributed by atoms with Crippen LogP contribution in [-0.4, -0.2) is 37.2 Å². The second-order valence-electron chi connectivity index (χ2n) is 20.6. The quantitative estimate of drug-likeness (QED) is 0.0261. The molecule has 0 aromatic carbocycles. The van der Waals surface area contributed by atoms with Gasteiger partial charge in [-0.1, -0.05) is 269 Å². The van der Waals surface area contributed by atoms with E-state index in [1.807, 2.05) is 0 Å². The lowest BCUT2D eigenvalue weighted by Crippen LogP contribution is -2.30. The van der Waals surface area contributed by atoms with Crippen molar-refractivity contribution in [3.05, 3.63) is 36.5 Å². The van der Waals surface area contributed by atoms with Gasteiger partial charge >= 0.3 is 17.9 Å². The van der Waals surface area contributed by atoms with Crippen molar-refractivity contribution in [1.29, 1.82) is 0 Å². The Morgan fingerprint density at radius 1 is 0.290 bits per heavy atom. The zero-order valence-electron chi connectivity index (χ0n) is 46.3. The molecule has 0 N–H and O–H groups in total. The average Bonchev–Trinajstić information content (AvgIpc) is 3.35. The van der Waals surface area contributed by atoms with Crippen molar-refractivity contribution in [2.24, 2.45) is 0 Å². The molecule has 6 nitrogen and oxygen atoms in total. The van der Waals surface area contributed by atoms with Gasteiger partial charge in [0.25, 0.3) is 0 Å². The van der Waals surface area contributed by atoms with E-state index in [0.717, 1.165) is 70.6 Å². The predicted octanol–water partition coefficient (Wildman–Crippen LogP) is 20.4. The molecule has 1 atom stereocenters. The summed E-state index contributed by atoms with van der Waals surface area (Å²) in [5.74, 6) is -0.864. The molecule has 69 heavy (non-hydrogen) atoms. The molecule has 0 aromatic heterocycles. The predicted molar refractivity (Wildman–Crippen MR) is 298 cm³/mol. The van der Waals surface area contributed by atoms with Crippen molar-refractivity contribution >= 4 is 17.9 Å². The minimum absolute atomic E-state index is 0.0724. The highest BCUT2D eigenvalue weighted by Gasteiger charge is 2.19. The van der Waals surface area contributed by atoms with Crippen molar-refractivity contribution in [3.8, 4) is 0 Å². The molecule has 6 heteroatoms. The number of esters is 3. The summed E-state index contributed by atoms with van der Waals surface area (Å²) in [7, 11) is 0. The first-order valence-corrected chi connectivity index (χ1v) is 30.5. The van der Waals surface area contributed by atoms with Gasteiger partial charge in [0, 0.05) is 19.3 Å². The van der Waals surface area contributed by atoms with Crippen LogP contribution in [0.15, 0.2) is 36.5 Å². The first kappa shape index (κ1) is 66.6. The Morgan fingerprint density at radius 3 is 0.841 bits per heavy atom. The largest absolute Gasteiger partial charge is 0.462 e. The van der Waals surface area contributed by atoms with Crippen LogP contribution in [0.5, 0.6) is 0 Å². The third-order valence-electron chi connectivity index (χ3n) is 13.6. The Labute approximate surface area is 429 Å². The van der Waals surface area contributed by atoms with Gasteiger partial charge in [0.1, 0.15) is 13.2 Å². The molecule has 0 aliphatic carbocycles. The molecule has 0 spiro atoms. The fraction of sp³-hybridized carbons (Fsp3) is 0.857. The van der Waals surface area contributed by atoms with E-state index >= 15 is 0 Å². The van der Waals surface area contributed by atoms with Gasteiger partial charge in [0.05, 0.1) is 0 Å². The summed E-state index contributed by atoms with van der Waals surface area (Å²) in [5, 5.41) is 0. The Hall–Kier alpha value is -2.37. The average molecular weight is 970 g/mol. The highest BCUT2D eigenvalue weighted by atomic mass is 16.6. The number of carbonyl (C=O) groups excluding carboxylic acids is 3. The Morgan fingerprint density at radius 2 is 0.522 bits per heavy atom. The standard InChI is InChI=1S/C63H116O6/c1-4-7-10-13-16-19-22-25-28-31-34-37-40-43-46-49-52-55-61(64)67-58-60(69-63(66)57-54-51-48-45-42-39-36-33-30-27-24-21-18-15-12-9-6-3)59-68-62(65)56-53-50-47-44-41-38-35-32-29-26-23-20-17-14-11-8-5-2/h16,19,25,27-28,30,60H,4-15,17-18,20-24,26,29,31-59H2,1-3H3/b19-16-,28-25-,30-27-. The molecule has 0 saturated heterocycles. The summed E-state index contributed by atoms with van der Waals surface area (Å²) in [6.07, 6.45) is 69.9. The smallest absolute Gasteiger partial charge is 0.306 e. The number of unbranched alkanes of at least 4 members (excludes halogenated alkanes) is 39. The summed E-state index contributed by atoms with van der Waals surface area (Å²) in [4.78, 5) is 38.2. The van der Waals surface area contributed by atoms with Crippen LogP contribution >= 0.6 is 0 Å². The first-order valence-electron chi connectivity index (χ1n) is 30.5. The van der Waals surface area contributed by atoms with Crippen molar-refractivity contribution in [2.75, 3.05) is 13.2 Å². The van der Waals surface area contributed by atoms with E-state index in [1.54, 1.807) is 0 Å². The number of carbonyl (C=O) groups is 3. The molecule has 0 heterocycles. The van der Waals surface area contributed by atoms with E-state index in [2.05, 4.69) is 57.2 Å². The number of rotatable bonds is 56. The molecule has 0 radical (unpaired) electrons. The van der Waals surface area contributed by atoms with E-state index in [0.29, 0.717) is 19.3 Å². The number of allylic oxidation sites excluding steroid dienone is 6. The van der Waals surface area contributed by atoms with Crippen LogP contribution in [0.3, 0.4) is 0 Å². The molecule has 1 unspecified atom stereocenters. The van der Waals surface area contributed by atoms with E-state index in [4.69, 9.17) is 14.2 Å². The van der Waals surface area contributed by atoms with Gasteiger partial charge in [-0.2, -0.15) is 0 Å². The summed E-state index contributed by atoms with van der Waals surface area (Å²) < 4.78 is 16.9. The molecule has 0 aliphatic rings. The van der Waals surface area contributed by atoms with Crippen molar-refractivity contribution in [3.63, 3.8) is 0 Å². The molecule has 0 bridgehead atoms. The highest BCUT2D eigenvalue weighted by Crippen LogP contribution is 2.17. The number of ether oxygens (including phenoxy) is 3. The molecule has 0 saturated carbocycles. The van der Waals surface area contributed by atoms with Gasteiger partial charge in [0.2, 0.25) is 0 Å². The molecular formula is C63H116O6. The molecule has 404 valence electrons. The van der Waals surface area contributed by atoms with Crippen molar-refractivity contribution in [1.82, 2.24) is 0 Å². The van der Waals surface area contributed by atoms with Gasteiger partial charge in [-0.15, -0.1) is 0 Å². The van der Waals surface area contributed by atoms with E-state index in [-0.39, 0.29) is 31.1 Å². The zero-order valence-corrected chi connectivity index (χ0v) is 46.3. The molecule has 0 fully saturated rings. The molecule has 0 aliphatic heterocycles. The highest BCUT2D eigenvalue weighted by molar-refractivity contribution is 5.71. The number of hydrogen-bond acceptors (Lipinski definition) is 6. The second-order valence-corrected chi connectivity index (χ2v) is 20.6. The molecule has 0 aromatic rings. The third-order valence-corrected chi connectivity index (χ3v) is 13.6. The van der Waals surface area contributed by atoms with Crippen LogP contribution in [0.4, 0.5) is 0 Å². The topological polar surface area (TPSA) is 78.9 Å². The summed E-state index contributed by atoms with van der Waals surface area (Å²) >= 11 is 0. The van der Waals surface area contributed by atoms with E-state index in [1.165, 1.54) is 218 Å². The third kappa shape index (κ3) is 56.4. The molecular weight excluding hydrogens is 853 g/mol. The summed E-state index contributed by atoms with van der Waals surface area (Å²) in [6.45, 7) is 6.65. The second kappa shape index (κ2) is 58.2. The normalized spacial score (nSPS) is 12.2. The Bertz CT molecular complexity index is 1160. The van der Waals surface area contributed by atoms with Gasteiger partial charge in [0.15, 0.2) is 6.10 Å². The van der Waals surface area contributed by atoms with Crippen LogP contribution in [0.25, 0.3) is 0 Å². The Kier molecular flexibility index (Phi) is 56.2. The van der Waals surface area contributed by atoms with Crippen LogP contribution in [-0.2, 0) is 28.6 Å². The van der Waals surface area contributed by atoms with Gasteiger partial charge in [-0.25, -0.2) is 0 Å². The van der Waals surface area contributed by atoms with Gasteiger partial charge < -0.3 is 14.2 Å². The lowest BCUT2D eigenvalue weighted by atomic mass is 10.0. The van der Waals surface area contributed by atoms with Crippen LogP contribution in [0, 0.1) is 0 Å². The zero-order chi connectivity index (χ0) is 50.0. The maximum atomic E-state index is 12.9. The van der Waals surface area contributed by atoms with Crippen LogP contribution in [0.2, 0.25) is 0 Å². The number of hydrogen-bond donors (Lipinski definition) is 0. The minimum atomic E-state index is -0.775. The monoisotopic (exact) mass is 969 g/mol. The fourth-order valence-electron chi connectivity index (χ4n) is 9.00. The fourth-order valence-corrected chi connectivity index (χ4v) is 9.00. The van der Waals surface area contributed by atoms with E-state index in [9.17, 15) is 14.4 Å². The first-order chi connectivity index (χ1) is 34.0. The lowest BCUT2D eigenvalue weighted by molar-refractivity contribution is -0.167. The van der Waals surface area contributed by atoms with Crippen molar-refractivity contribution < 1.29 is 28.6 Å². The SMILES string of the molecule is CCCCC/C=C\C/C=C\CCCCCCCCCC(=O)OCC(COC(=O)CCCCCCCCCCCCCCCCCCC)OC(=O)CCCCCCCCC/C=C\CCCCCCCC. The summed E-state index contributed by atoms with van der Waals surface area (Å²) in [6, 6.07) is 0. The molecule has 0 amide bonds. The van der Waals surface area contributed by atoms with Crippen LogP contribution < -0.4 is 0 Å². The lowest BCUT2D eigenvalue weighted by Gasteiger charge is -2.18. The maximum absolute atomic E-state index is 12.9. The van der Waals surface area contributed by atoms with Gasteiger partial charge in [-0.3, -0.25) is 14.4 Å². The van der Waals surface area contributed by atoms with Crippen molar-refractivity contribution in [2.45, 2.75) is 335 Å². The summed E-state index contributed by atoms with van der Waals surface area (Å²) in [5.41, 5.74) is 0. The molecule has 0 rings (SSSR count). The van der Waals surface area contributed by atoms with Gasteiger partial charge in [-0.05, 0) is 77.0 Å². The van der Waals surface area contributed by atoms with Crippen LogP contribution in [0.1, 0.15) is 329 Å². The van der Waals surface area contributed by atoms with E-state index < -0.39 is 6.10 Å². The minimum Gasteiger partial charge on any atom is -0.462 e. The Balaban J connectivity index is 4.35. The maximum Gasteiger partial charge on any atom is 0.306 e.